The van der Waals surface area contributed by atoms with E-state index < -0.39 is 60.2 Å². The van der Waals surface area contributed by atoms with Gasteiger partial charge in [0.05, 0.1) is 19.3 Å². The molecule has 175 valence electrons. The van der Waals surface area contributed by atoms with Crippen LogP contribution in [0.3, 0.4) is 0 Å². The minimum atomic E-state index is -5.72. The van der Waals surface area contributed by atoms with E-state index in [2.05, 4.69) is 28.1 Å². The summed E-state index contributed by atoms with van der Waals surface area (Å²) in [5.41, 5.74) is -0.681. The first-order chi connectivity index (χ1) is 14.2. The SMILES string of the molecule is O=c1[nH]cnc2c1ncn2[C@@H]1O[C@H](COP(=O)(O)OP(=O)(O)OP(=O)(O)O)[C@@H](O)[C@H]1O.[Na]. The number of imidazole rings is 1. The van der Waals surface area contributed by atoms with Gasteiger partial charge in [-0.05, 0) is 0 Å². The van der Waals surface area contributed by atoms with E-state index in [9.17, 15) is 33.6 Å². The van der Waals surface area contributed by atoms with Gasteiger partial charge in [0.25, 0.3) is 5.56 Å². The molecule has 22 heteroatoms. The second-order valence-corrected chi connectivity index (χ2v) is 10.4. The van der Waals surface area contributed by atoms with E-state index in [1.807, 2.05) is 0 Å². The van der Waals surface area contributed by atoms with Crippen LogP contribution in [-0.2, 0) is 31.6 Å². The second kappa shape index (κ2) is 10.1. The number of aliphatic hydroxyl groups is 2. The molecule has 0 saturated carbocycles. The number of fused-ring (bicyclic) bond motifs is 1. The van der Waals surface area contributed by atoms with Crippen LogP contribution in [0, 0.1) is 0 Å². The van der Waals surface area contributed by atoms with Crippen molar-refractivity contribution in [2.24, 2.45) is 0 Å². The maximum absolute atomic E-state index is 11.8. The van der Waals surface area contributed by atoms with Crippen LogP contribution in [0.1, 0.15) is 6.23 Å². The number of aromatic nitrogens is 4. The molecule has 7 N–H and O–H groups in total. The molecule has 1 aliphatic rings. The smallest absolute Gasteiger partial charge is 0.387 e. The summed E-state index contributed by atoms with van der Waals surface area (Å²) in [6, 6.07) is 0. The zero-order valence-electron chi connectivity index (χ0n) is 15.8. The van der Waals surface area contributed by atoms with Gasteiger partial charge in [0.1, 0.15) is 18.3 Å². The van der Waals surface area contributed by atoms with Gasteiger partial charge in [0.2, 0.25) is 0 Å². The van der Waals surface area contributed by atoms with Gasteiger partial charge in [-0.3, -0.25) is 13.9 Å². The molecule has 1 fully saturated rings. The van der Waals surface area contributed by atoms with Crippen LogP contribution in [0.25, 0.3) is 11.2 Å². The predicted molar refractivity (Wildman–Crippen MR) is 99.6 cm³/mol. The van der Waals surface area contributed by atoms with Crippen LogP contribution < -0.4 is 5.56 Å². The standard InChI is InChI=1S/C10H15N4O14P3.Na/c15-6-4(1-25-30(21,22)28-31(23,24)27-29(18,19)20)26-10(7(6)16)14-3-13-5-8(14)11-2-12-9(5)17;/h2-4,6-7,10,15-16H,1H2,(H,21,22)(H,23,24)(H,11,12,17)(H2,18,19,20);/t4-,6-,7-,10-;/m1./s1. The molecule has 0 amide bonds. The number of ether oxygens (including phenoxy) is 1. The molecule has 0 bridgehead atoms. The molecule has 3 heterocycles. The number of phosphoric ester groups is 1. The largest absolute Gasteiger partial charge is 0.490 e. The van der Waals surface area contributed by atoms with Crippen molar-refractivity contribution in [2.45, 2.75) is 24.5 Å². The average Bonchev–Trinajstić information content (AvgIpc) is 3.13. The van der Waals surface area contributed by atoms with Crippen molar-refractivity contribution in [3.63, 3.8) is 0 Å². The molecule has 3 rings (SSSR count). The van der Waals surface area contributed by atoms with E-state index in [1.54, 1.807) is 0 Å². The van der Waals surface area contributed by atoms with Gasteiger partial charge in [-0.25, -0.2) is 23.7 Å². The summed E-state index contributed by atoms with van der Waals surface area (Å²) in [4.78, 5) is 57.2. The summed E-state index contributed by atoms with van der Waals surface area (Å²) >= 11 is 0. The molecular formula is C10H15N4NaO14P3. The molecule has 2 aromatic rings. The Morgan fingerprint density at radius 1 is 1.06 bits per heavy atom. The van der Waals surface area contributed by atoms with E-state index in [1.165, 1.54) is 0 Å². The molecule has 0 spiro atoms. The molecule has 2 unspecified atom stereocenters. The third kappa shape index (κ3) is 6.61. The molecule has 1 radical (unpaired) electrons. The molecule has 6 atom stereocenters. The molecule has 0 aliphatic carbocycles. The summed E-state index contributed by atoms with van der Waals surface area (Å²) in [7, 11) is -16.7. The molecule has 1 aliphatic heterocycles. The second-order valence-electron chi connectivity index (χ2n) is 5.99. The number of hydrogen-bond donors (Lipinski definition) is 7. The van der Waals surface area contributed by atoms with E-state index in [0.717, 1.165) is 17.2 Å². The maximum atomic E-state index is 11.8. The number of phosphoric acid groups is 3. The summed E-state index contributed by atoms with van der Waals surface area (Å²) in [6.45, 7) is -0.987. The minimum absolute atomic E-state index is 0. The van der Waals surface area contributed by atoms with Crippen LogP contribution in [0.2, 0.25) is 0 Å². The Morgan fingerprint density at radius 2 is 1.72 bits per heavy atom. The normalized spacial score (nSPS) is 27.6. The molecule has 1 saturated heterocycles. The molecule has 18 nitrogen and oxygen atoms in total. The molecule has 0 aromatic carbocycles. The first-order valence-electron chi connectivity index (χ1n) is 7.89. The minimum Gasteiger partial charge on any atom is -0.387 e. The fraction of sp³-hybridized carbons (Fsp3) is 0.500. The zero-order chi connectivity index (χ0) is 23.2. The summed E-state index contributed by atoms with van der Waals surface area (Å²) in [5, 5.41) is 20.3. The average molecular weight is 531 g/mol. The summed E-state index contributed by atoms with van der Waals surface area (Å²) < 4.78 is 51.6. The summed E-state index contributed by atoms with van der Waals surface area (Å²) in [6.07, 6.45) is -4.05. The van der Waals surface area contributed by atoms with Crippen molar-refractivity contribution >= 4 is 64.2 Å². The van der Waals surface area contributed by atoms with Crippen molar-refractivity contribution in [1.82, 2.24) is 19.5 Å². The topological polar surface area (TPSA) is 273 Å². The number of nitrogens with one attached hydrogen (secondary N) is 1. The fourth-order valence-electron chi connectivity index (χ4n) is 2.62. The van der Waals surface area contributed by atoms with Gasteiger partial charge in [-0.2, -0.15) is 8.62 Å². The zero-order valence-corrected chi connectivity index (χ0v) is 20.5. The van der Waals surface area contributed by atoms with Crippen LogP contribution >= 0.6 is 23.5 Å². The molecule has 2 aromatic heterocycles. The Hall–Kier alpha value is -0.360. The van der Waals surface area contributed by atoms with Gasteiger partial charge in [0.15, 0.2) is 17.4 Å². The van der Waals surface area contributed by atoms with Crippen LogP contribution in [-0.4, -0.2) is 104 Å². The van der Waals surface area contributed by atoms with Crippen molar-refractivity contribution in [2.75, 3.05) is 6.61 Å². The van der Waals surface area contributed by atoms with Gasteiger partial charge in [-0.1, -0.05) is 0 Å². The third-order valence-corrected chi connectivity index (χ3v) is 7.60. The van der Waals surface area contributed by atoms with Crippen molar-refractivity contribution in [3.8, 4) is 0 Å². The first-order valence-corrected chi connectivity index (χ1v) is 12.4. The van der Waals surface area contributed by atoms with Gasteiger partial charge < -0.3 is 39.5 Å². The van der Waals surface area contributed by atoms with E-state index in [0.29, 0.717) is 0 Å². The summed E-state index contributed by atoms with van der Waals surface area (Å²) in [5.74, 6) is 0. The van der Waals surface area contributed by atoms with E-state index in [4.69, 9.17) is 19.4 Å². The number of aromatic amines is 1. The van der Waals surface area contributed by atoms with Crippen LogP contribution in [0.5, 0.6) is 0 Å². The van der Waals surface area contributed by atoms with Crippen molar-refractivity contribution in [1.29, 1.82) is 0 Å². The van der Waals surface area contributed by atoms with Gasteiger partial charge >= 0.3 is 23.5 Å². The number of rotatable bonds is 8. The third-order valence-electron chi connectivity index (χ3n) is 3.79. The van der Waals surface area contributed by atoms with E-state index in [-0.39, 0.29) is 40.7 Å². The molecular weight excluding hydrogens is 516 g/mol. The monoisotopic (exact) mass is 531 g/mol. The molecule has 32 heavy (non-hydrogen) atoms. The van der Waals surface area contributed by atoms with E-state index >= 15 is 0 Å². The Morgan fingerprint density at radius 3 is 2.34 bits per heavy atom. The number of H-pyrrole nitrogens is 1. The predicted octanol–water partition coefficient (Wildman–Crippen LogP) is -2.30. The van der Waals surface area contributed by atoms with Gasteiger partial charge in [-0.15, -0.1) is 0 Å². The maximum Gasteiger partial charge on any atom is 0.490 e. The van der Waals surface area contributed by atoms with Gasteiger partial charge in [0, 0.05) is 29.6 Å². The van der Waals surface area contributed by atoms with Crippen molar-refractivity contribution in [3.05, 3.63) is 23.0 Å². The number of nitrogens with zero attached hydrogens (tertiary/aromatic N) is 3. The van der Waals surface area contributed by atoms with Crippen molar-refractivity contribution < 1.29 is 61.4 Å². The Labute approximate surface area is 198 Å². The quantitative estimate of drug-likeness (QED) is 0.139. The fourth-order valence-corrected chi connectivity index (χ4v) is 5.65. The van der Waals surface area contributed by atoms with Crippen LogP contribution in [0.15, 0.2) is 17.4 Å². The Kier molecular flexibility index (Phi) is 8.80. The number of hydrogen-bond acceptors (Lipinski definition) is 12. The van der Waals surface area contributed by atoms with Crippen LogP contribution in [0.4, 0.5) is 0 Å². The Balaban J connectivity index is 0.00000363. The number of aliphatic hydroxyl groups excluding tert-OH is 2. The Bertz CT molecular complexity index is 1170. The first kappa shape index (κ1) is 27.9.